The molecule has 2 unspecified atom stereocenters. The van der Waals surface area contributed by atoms with Gasteiger partial charge in [-0.1, -0.05) is 90.4 Å². The molecule has 1 rings (SSSR count). The van der Waals surface area contributed by atoms with Gasteiger partial charge < -0.3 is 14.6 Å². The van der Waals surface area contributed by atoms with Crippen LogP contribution < -0.4 is 0 Å². The summed E-state index contributed by atoms with van der Waals surface area (Å²) in [6.45, 7) is 4.79. The largest absolute Gasteiger partial charge is 0.396 e. The van der Waals surface area contributed by atoms with E-state index in [2.05, 4.69) is 6.92 Å². The summed E-state index contributed by atoms with van der Waals surface area (Å²) in [4.78, 5) is 0. The Kier molecular flexibility index (Phi) is 15.9. The van der Waals surface area contributed by atoms with Crippen LogP contribution in [-0.2, 0) is 9.47 Å². The first-order valence-corrected chi connectivity index (χ1v) is 11.2. The molecule has 3 nitrogen and oxygen atoms in total. The number of ether oxygens (including phenoxy) is 2. The third kappa shape index (κ3) is 13.7. The second kappa shape index (κ2) is 17.3. The Labute approximate surface area is 156 Å². The van der Waals surface area contributed by atoms with Gasteiger partial charge in [0.15, 0.2) is 0 Å². The van der Waals surface area contributed by atoms with Gasteiger partial charge in [0.25, 0.3) is 0 Å². The molecule has 1 saturated heterocycles. The smallest absolute Gasteiger partial charge is 0.0813 e. The number of aliphatic hydroxyl groups excluding tert-OH is 1. The van der Waals surface area contributed by atoms with Gasteiger partial charge in [-0.3, -0.25) is 0 Å². The highest BCUT2D eigenvalue weighted by Crippen LogP contribution is 2.19. The number of rotatable bonds is 18. The molecule has 1 heterocycles. The van der Waals surface area contributed by atoms with E-state index in [1.807, 2.05) is 0 Å². The highest BCUT2D eigenvalue weighted by Gasteiger charge is 2.24. The molecule has 0 aromatic carbocycles. The number of aliphatic hydroxyl groups is 1. The Bertz CT molecular complexity index is 270. The standard InChI is InChI=1S/C22H44O3/c1-2-3-4-5-6-7-8-9-10-11-12-13-14-15-16-24-20-22-17-21(18-23)19-25-22/h21-23H,2-20H2,1H3. The Morgan fingerprint density at radius 3 is 1.80 bits per heavy atom. The minimum absolute atomic E-state index is 0.212. The van der Waals surface area contributed by atoms with Crippen LogP contribution >= 0.6 is 0 Å². The molecule has 3 heteroatoms. The highest BCUT2D eigenvalue weighted by atomic mass is 16.5. The zero-order valence-electron chi connectivity index (χ0n) is 16.9. The van der Waals surface area contributed by atoms with Crippen LogP contribution in [0.3, 0.4) is 0 Å². The van der Waals surface area contributed by atoms with Crippen molar-refractivity contribution in [2.45, 2.75) is 109 Å². The van der Waals surface area contributed by atoms with Crippen LogP contribution in [0.1, 0.15) is 103 Å². The fraction of sp³-hybridized carbons (Fsp3) is 1.00. The van der Waals surface area contributed by atoms with Crippen molar-refractivity contribution in [1.29, 1.82) is 0 Å². The summed E-state index contributed by atoms with van der Waals surface area (Å²) in [7, 11) is 0. The summed E-state index contributed by atoms with van der Waals surface area (Å²) in [6.07, 6.45) is 20.7. The van der Waals surface area contributed by atoms with Crippen molar-refractivity contribution in [1.82, 2.24) is 0 Å². The van der Waals surface area contributed by atoms with E-state index >= 15 is 0 Å². The lowest BCUT2D eigenvalue weighted by molar-refractivity contribution is 0.0149. The molecule has 0 aromatic rings. The minimum atomic E-state index is 0.212. The Balaban J connectivity index is 1.68. The van der Waals surface area contributed by atoms with Gasteiger partial charge in [0, 0.05) is 19.1 Å². The fourth-order valence-electron chi connectivity index (χ4n) is 3.64. The lowest BCUT2D eigenvalue weighted by atomic mass is 10.0. The number of hydrogen-bond donors (Lipinski definition) is 1. The van der Waals surface area contributed by atoms with E-state index in [-0.39, 0.29) is 12.7 Å². The topological polar surface area (TPSA) is 38.7 Å². The third-order valence-corrected chi connectivity index (χ3v) is 5.37. The first-order chi connectivity index (χ1) is 12.4. The van der Waals surface area contributed by atoms with Crippen molar-refractivity contribution < 1.29 is 14.6 Å². The van der Waals surface area contributed by atoms with Crippen LogP contribution in [0.2, 0.25) is 0 Å². The molecular weight excluding hydrogens is 312 g/mol. The van der Waals surface area contributed by atoms with Gasteiger partial charge in [-0.05, 0) is 12.8 Å². The van der Waals surface area contributed by atoms with E-state index in [1.165, 1.54) is 89.9 Å². The normalized spacial score (nSPS) is 20.4. The van der Waals surface area contributed by atoms with Crippen molar-refractivity contribution >= 4 is 0 Å². The van der Waals surface area contributed by atoms with Crippen molar-refractivity contribution in [3.63, 3.8) is 0 Å². The summed E-state index contributed by atoms with van der Waals surface area (Å²) >= 11 is 0. The SMILES string of the molecule is CCCCCCCCCCCCCCCCOCC1CC(CO)CO1. The zero-order valence-corrected chi connectivity index (χ0v) is 16.9. The maximum Gasteiger partial charge on any atom is 0.0813 e. The monoisotopic (exact) mass is 356 g/mol. The van der Waals surface area contributed by atoms with E-state index in [9.17, 15) is 0 Å². The fourth-order valence-corrected chi connectivity index (χ4v) is 3.64. The van der Waals surface area contributed by atoms with Gasteiger partial charge in [-0.2, -0.15) is 0 Å². The van der Waals surface area contributed by atoms with Crippen molar-refractivity contribution in [2.75, 3.05) is 26.4 Å². The van der Waals surface area contributed by atoms with Crippen LogP contribution in [0.4, 0.5) is 0 Å². The first-order valence-electron chi connectivity index (χ1n) is 11.2. The average molecular weight is 357 g/mol. The maximum atomic E-state index is 9.08. The van der Waals surface area contributed by atoms with Crippen molar-refractivity contribution in [3.05, 3.63) is 0 Å². The summed E-state index contributed by atoms with van der Waals surface area (Å²) in [5.41, 5.74) is 0. The molecular formula is C22H44O3. The first kappa shape index (κ1) is 22.9. The summed E-state index contributed by atoms with van der Waals surface area (Å²) < 4.78 is 11.3. The molecule has 1 aliphatic rings. The Morgan fingerprint density at radius 2 is 1.32 bits per heavy atom. The minimum Gasteiger partial charge on any atom is -0.396 e. The van der Waals surface area contributed by atoms with E-state index in [0.29, 0.717) is 19.1 Å². The van der Waals surface area contributed by atoms with Crippen molar-refractivity contribution in [3.8, 4) is 0 Å². The molecule has 0 bridgehead atoms. The molecule has 1 fully saturated rings. The van der Waals surface area contributed by atoms with Gasteiger partial charge in [0.05, 0.1) is 19.3 Å². The van der Waals surface area contributed by atoms with Crippen LogP contribution in [0, 0.1) is 5.92 Å². The molecule has 0 aromatic heterocycles. The Morgan fingerprint density at radius 1 is 0.800 bits per heavy atom. The molecule has 0 amide bonds. The maximum absolute atomic E-state index is 9.08. The van der Waals surface area contributed by atoms with Gasteiger partial charge >= 0.3 is 0 Å². The Hall–Kier alpha value is -0.120. The lowest BCUT2D eigenvalue weighted by Crippen LogP contribution is -2.15. The molecule has 1 N–H and O–H groups in total. The second-order valence-corrected chi connectivity index (χ2v) is 7.91. The molecule has 1 aliphatic heterocycles. The van der Waals surface area contributed by atoms with Crippen LogP contribution in [0.25, 0.3) is 0 Å². The average Bonchev–Trinajstić information content (AvgIpc) is 3.09. The van der Waals surface area contributed by atoms with Gasteiger partial charge in [0.1, 0.15) is 0 Å². The number of unbranched alkanes of at least 4 members (excludes halogenated alkanes) is 13. The predicted molar refractivity (Wildman–Crippen MR) is 106 cm³/mol. The summed E-state index contributed by atoms with van der Waals surface area (Å²) in [5.74, 6) is 0.328. The molecule has 0 radical (unpaired) electrons. The van der Waals surface area contributed by atoms with E-state index in [4.69, 9.17) is 14.6 Å². The summed E-state index contributed by atoms with van der Waals surface area (Å²) in [6, 6.07) is 0. The number of hydrogen-bond acceptors (Lipinski definition) is 3. The zero-order chi connectivity index (χ0) is 18.0. The van der Waals surface area contributed by atoms with Crippen molar-refractivity contribution in [2.24, 2.45) is 5.92 Å². The van der Waals surface area contributed by atoms with Crippen LogP contribution in [-0.4, -0.2) is 37.6 Å². The lowest BCUT2D eigenvalue weighted by Gasteiger charge is -2.10. The van der Waals surface area contributed by atoms with Crippen LogP contribution in [0.15, 0.2) is 0 Å². The molecule has 2 atom stereocenters. The van der Waals surface area contributed by atoms with Crippen LogP contribution in [0.5, 0.6) is 0 Å². The molecule has 0 spiro atoms. The summed E-state index contributed by atoms with van der Waals surface area (Å²) in [5, 5.41) is 9.08. The quantitative estimate of drug-likeness (QED) is 0.312. The predicted octanol–water partition coefficient (Wildman–Crippen LogP) is 5.88. The third-order valence-electron chi connectivity index (χ3n) is 5.37. The van der Waals surface area contributed by atoms with Gasteiger partial charge in [0.2, 0.25) is 0 Å². The van der Waals surface area contributed by atoms with E-state index in [1.54, 1.807) is 0 Å². The van der Waals surface area contributed by atoms with Gasteiger partial charge in [-0.25, -0.2) is 0 Å². The van der Waals surface area contributed by atoms with Gasteiger partial charge in [-0.15, -0.1) is 0 Å². The van der Waals surface area contributed by atoms with E-state index in [0.717, 1.165) is 13.0 Å². The molecule has 0 saturated carbocycles. The molecule has 25 heavy (non-hydrogen) atoms. The highest BCUT2D eigenvalue weighted by molar-refractivity contribution is 4.72. The van der Waals surface area contributed by atoms with E-state index < -0.39 is 0 Å². The molecule has 0 aliphatic carbocycles. The second-order valence-electron chi connectivity index (χ2n) is 7.91. The molecule has 150 valence electrons.